The summed E-state index contributed by atoms with van der Waals surface area (Å²) in [5.41, 5.74) is 3.68. The van der Waals surface area contributed by atoms with Gasteiger partial charge in [0.25, 0.3) is 0 Å². The Balaban J connectivity index is 1.17. The Morgan fingerprint density at radius 1 is 1.00 bits per heavy atom. The van der Waals surface area contributed by atoms with Gasteiger partial charge in [-0.1, -0.05) is 48.5 Å². The fraction of sp³-hybridized carbons (Fsp3) is 0.367. The number of carbonyl (C=O) groups excluding carboxylic acids is 1. The second-order valence-corrected chi connectivity index (χ2v) is 10.1. The smallest absolute Gasteiger partial charge is 0.410 e. The summed E-state index contributed by atoms with van der Waals surface area (Å²) in [4.78, 5) is 15.1. The van der Waals surface area contributed by atoms with Crippen molar-refractivity contribution in [3.8, 4) is 16.9 Å². The number of carbonyl (C=O) groups is 1. The van der Waals surface area contributed by atoms with Crippen molar-refractivity contribution >= 4 is 6.09 Å². The number of amides is 1. The first-order valence-electron chi connectivity index (χ1n) is 12.8. The van der Waals surface area contributed by atoms with Crippen LogP contribution in [0.2, 0.25) is 0 Å². The maximum absolute atomic E-state index is 14.9. The van der Waals surface area contributed by atoms with E-state index in [4.69, 9.17) is 9.47 Å². The number of benzene rings is 3. The zero-order chi connectivity index (χ0) is 24.9. The Morgan fingerprint density at radius 2 is 1.61 bits per heavy atom. The molecule has 2 saturated heterocycles. The molecule has 0 spiro atoms. The molecule has 1 N–H and O–H groups in total. The van der Waals surface area contributed by atoms with Crippen molar-refractivity contribution in [3.63, 3.8) is 0 Å². The minimum absolute atomic E-state index is 0.00123. The summed E-state index contributed by atoms with van der Waals surface area (Å²) in [5.74, 6) is -0.0301. The SMILES string of the molecule is CCOc1ccc(C2(O)CC3CCC(C2)N3C(=O)OCC2c3ccccc3-c3ccccc32)c(F)c1. The quantitative estimate of drug-likeness (QED) is 0.480. The van der Waals surface area contributed by atoms with Crippen LogP contribution in [0.5, 0.6) is 5.75 Å². The second-order valence-electron chi connectivity index (χ2n) is 10.1. The van der Waals surface area contributed by atoms with Crippen LogP contribution in [0.25, 0.3) is 11.1 Å². The average Bonchev–Trinajstić information content (AvgIpc) is 3.35. The Kier molecular flexibility index (Phi) is 5.72. The molecule has 6 rings (SSSR count). The lowest BCUT2D eigenvalue weighted by Crippen LogP contribution is -2.52. The number of fused-ring (bicyclic) bond motifs is 5. The van der Waals surface area contributed by atoms with Crippen LogP contribution in [0.3, 0.4) is 0 Å². The van der Waals surface area contributed by atoms with E-state index >= 15 is 0 Å². The molecule has 2 fully saturated rings. The van der Waals surface area contributed by atoms with Gasteiger partial charge >= 0.3 is 6.09 Å². The van der Waals surface area contributed by atoms with E-state index in [0.717, 1.165) is 12.8 Å². The van der Waals surface area contributed by atoms with E-state index in [1.807, 2.05) is 31.2 Å². The lowest BCUT2D eigenvalue weighted by atomic mass is 9.80. The normalized spacial score (nSPS) is 24.4. The van der Waals surface area contributed by atoms with Crippen LogP contribution < -0.4 is 4.74 Å². The van der Waals surface area contributed by atoms with Crippen LogP contribution in [-0.4, -0.2) is 41.4 Å². The fourth-order valence-corrected chi connectivity index (χ4v) is 6.54. The number of nitrogens with zero attached hydrogens (tertiary/aromatic N) is 1. The lowest BCUT2D eigenvalue weighted by molar-refractivity contribution is -0.0551. The minimum atomic E-state index is -1.32. The van der Waals surface area contributed by atoms with Gasteiger partial charge in [-0.15, -0.1) is 0 Å². The van der Waals surface area contributed by atoms with Crippen LogP contribution in [-0.2, 0) is 10.3 Å². The first kappa shape index (κ1) is 23.0. The van der Waals surface area contributed by atoms with E-state index in [1.165, 1.54) is 28.3 Å². The Bertz CT molecular complexity index is 1250. The third-order valence-corrected chi connectivity index (χ3v) is 8.07. The maximum atomic E-state index is 14.9. The predicted molar refractivity (Wildman–Crippen MR) is 134 cm³/mol. The number of rotatable bonds is 5. The highest BCUT2D eigenvalue weighted by Gasteiger charge is 2.51. The summed E-state index contributed by atoms with van der Waals surface area (Å²) in [6, 6.07) is 20.8. The third-order valence-electron chi connectivity index (χ3n) is 8.07. The monoisotopic (exact) mass is 487 g/mol. The van der Waals surface area contributed by atoms with Crippen molar-refractivity contribution in [3.05, 3.63) is 89.2 Å². The number of ether oxygens (including phenoxy) is 2. The first-order chi connectivity index (χ1) is 17.5. The topological polar surface area (TPSA) is 59.0 Å². The Morgan fingerprint density at radius 3 is 2.19 bits per heavy atom. The zero-order valence-corrected chi connectivity index (χ0v) is 20.3. The molecule has 2 atom stereocenters. The van der Waals surface area contributed by atoms with Crippen molar-refractivity contribution in [1.82, 2.24) is 4.90 Å². The zero-order valence-electron chi connectivity index (χ0n) is 20.3. The molecule has 2 heterocycles. The van der Waals surface area contributed by atoms with E-state index in [9.17, 15) is 14.3 Å². The molecule has 186 valence electrons. The van der Waals surface area contributed by atoms with E-state index in [2.05, 4.69) is 24.3 Å². The number of hydrogen-bond acceptors (Lipinski definition) is 4. The molecule has 3 aromatic rings. The van der Waals surface area contributed by atoms with Gasteiger partial charge in [-0.25, -0.2) is 9.18 Å². The molecule has 2 aliphatic heterocycles. The van der Waals surface area contributed by atoms with Crippen molar-refractivity contribution in [2.24, 2.45) is 0 Å². The Hall–Kier alpha value is -3.38. The molecule has 36 heavy (non-hydrogen) atoms. The Labute approximate surface area is 210 Å². The van der Waals surface area contributed by atoms with E-state index in [0.29, 0.717) is 25.2 Å². The largest absolute Gasteiger partial charge is 0.494 e. The van der Waals surface area contributed by atoms with Crippen molar-refractivity contribution < 1.29 is 23.8 Å². The summed E-state index contributed by atoms with van der Waals surface area (Å²) in [6.07, 6.45) is 1.78. The van der Waals surface area contributed by atoms with Crippen LogP contribution >= 0.6 is 0 Å². The molecule has 2 unspecified atom stereocenters. The van der Waals surface area contributed by atoms with E-state index in [1.54, 1.807) is 17.0 Å². The van der Waals surface area contributed by atoms with Crippen LogP contribution in [0.1, 0.15) is 55.2 Å². The molecule has 1 amide bonds. The van der Waals surface area contributed by atoms with E-state index < -0.39 is 11.4 Å². The average molecular weight is 488 g/mol. The fourth-order valence-electron chi connectivity index (χ4n) is 6.54. The molecule has 0 saturated carbocycles. The molecule has 3 aromatic carbocycles. The second kappa shape index (κ2) is 8.93. The van der Waals surface area contributed by atoms with Crippen molar-refractivity contribution in [2.45, 2.75) is 56.2 Å². The molecular formula is C30H30FNO4. The number of aliphatic hydroxyl groups is 1. The molecule has 3 aliphatic rings. The highest BCUT2D eigenvalue weighted by molar-refractivity contribution is 5.79. The molecule has 5 nitrogen and oxygen atoms in total. The number of piperidine rings is 1. The molecular weight excluding hydrogens is 457 g/mol. The summed E-state index contributed by atoms with van der Waals surface area (Å²) >= 11 is 0. The van der Waals surface area contributed by atoms with Gasteiger partial charge in [0, 0.05) is 42.5 Å². The van der Waals surface area contributed by atoms with Crippen molar-refractivity contribution in [1.29, 1.82) is 0 Å². The summed E-state index contributed by atoms with van der Waals surface area (Å²) in [7, 11) is 0. The minimum Gasteiger partial charge on any atom is -0.494 e. The third kappa shape index (κ3) is 3.75. The van der Waals surface area contributed by atoms with Gasteiger partial charge < -0.3 is 19.5 Å². The summed E-state index contributed by atoms with van der Waals surface area (Å²) in [5, 5.41) is 11.5. The predicted octanol–water partition coefficient (Wildman–Crippen LogP) is 5.99. The maximum Gasteiger partial charge on any atom is 0.410 e. The summed E-state index contributed by atoms with van der Waals surface area (Å²) < 4.78 is 26.2. The van der Waals surface area contributed by atoms with Crippen LogP contribution in [0.4, 0.5) is 9.18 Å². The molecule has 1 aliphatic carbocycles. The standard InChI is InChI=1S/C30H30FNO4/c1-2-35-21-13-14-27(28(31)15-21)30(34)16-19-11-12-20(17-30)32(19)29(33)36-18-26-24-9-5-3-7-22(24)23-8-4-6-10-25(23)26/h3-10,13-15,19-20,26,34H,2,11-12,16-18H2,1H3. The van der Waals surface area contributed by atoms with Gasteiger partial charge in [0.1, 0.15) is 18.2 Å². The highest BCUT2D eigenvalue weighted by atomic mass is 19.1. The molecule has 0 radical (unpaired) electrons. The van der Waals surface area contributed by atoms with Crippen LogP contribution in [0, 0.1) is 5.82 Å². The molecule has 6 heteroatoms. The molecule has 0 aromatic heterocycles. The summed E-state index contributed by atoms with van der Waals surface area (Å²) in [6.45, 7) is 2.55. The van der Waals surface area contributed by atoms with Gasteiger partial charge in [-0.2, -0.15) is 0 Å². The van der Waals surface area contributed by atoms with Gasteiger partial charge in [0.2, 0.25) is 0 Å². The van der Waals surface area contributed by atoms with Gasteiger partial charge in [-0.05, 0) is 54.2 Å². The lowest BCUT2D eigenvalue weighted by Gasteiger charge is -2.43. The molecule has 2 bridgehead atoms. The van der Waals surface area contributed by atoms with Gasteiger partial charge in [0.15, 0.2) is 0 Å². The van der Waals surface area contributed by atoms with E-state index in [-0.39, 0.29) is 36.3 Å². The van der Waals surface area contributed by atoms with Crippen LogP contribution in [0.15, 0.2) is 66.7 Å². The van der Waals surface area contributed by atoms with Gasteiger partial charge in [-0.3, -0.25) is 0 Å². The first-order valence-corrected chi connectivity index (χ1v) is 12.8. The number of hydrogen-bond donors (Lipinski definition) is 1. The van der Waals surface area contributed by atoms with Crippen molar-refractivity contribution in [2.75, 3.05) is 13.2 Å². The van der Waals surface area contributed by atoms with Gasteiger partial charge in [0.05, 0.1) is 12.2 Å². The number of halogens is 1. The highest BCUT2D eigenvalue weighted by Crippen LogP contribution is 2.48.